The number of ether oxygens (including phenoxy) is 2. The Labute approximate surface area is 122 Å². The Bertz CT molecular complexity index is 373. The van der Waals surface area contributed by atoms with E-state index >= 15 is 0 Å². The van der Waals surface area contributed by atoms with Crippen molar-refractivity contribution >= 4 is 11.6 Å². The minimum Gasteiger partial charge on any atom is -0.497 e. The van der Waals surface area contributed by atoms with E-state index in [-0.39, 0.29) is 5.38 Å². The van der Waals surface area contributed by atoms with Gasteiger partial charge in [0.15, 0.2) is 0 Å². The van der Waals surface area contributed by atoms with Gasteiger partial charge in [0, 0.05) is 5.56 Å². The molecule has 0 aliphatic carbocycles. The zero-order valence-corrected chi connectivity index (χ0v) is 13.2. The summed E-state index contributed by atoms with van der Waals surface area (Å²) >= 11 is 6.71. The average molecular weight is 285 g/mol. The van der Waals surface area contributed by atoms with Gasteiger partial charge in [-0.1, -0.05) is 26.7 Å². The number of halogens is 1. The molecule has 1 aromatic rings. The fraction of sp³-hybridized carbons (Fsp3) is 0.625. The van der Waals surface area contributed by atoms with Gasteiger partial charge in [0.05, 0.1) is 19.6 Å². The Morgan fingerprint density at radius 3 is 2.16 bits per heavy atom. The maximum absolute atomic E-state index is 6.71. The molecule has 0 saturated heterocycles. The molecule has 19 heavy (non-hydrogen) atoms. The van der Waals surface area contributed by atoms with Crippen molar-refractivity contribution in [2.75, 3.05) is 14.2 Å². The van der Waals surface area contributed by atoms with Crippen molar-refractivity contribution in [1.82, 2.24) is 0 Å². The van der Waals surface area contributed by atoms with Gasteiger partial charge in [-0.15, -0.1) is 11.6 Å². The van der Waals surface area contributed by atoms with Gasteiger partial charge in [0.25, 0.3) is 0 Å². The molecule has 0 aliphatic heterocycles. The number of benzene rings is 1. The van der Waals surface area contributed by atoms with E-state index in [1.54, 1.807) is 14.2 Å². The first-order valence-electron chi connectivity index (χ1n) is 7.03. The fourth-order valence-corrected chi connectivity index (χ4v) is 2.91. The van der Waals surface area contributed by atoms with Crippen LogP contribution in [0.3, 0.4) is 0 Å². The Morgan fingerprint density at radius 1 is 1.05 bits per heavy atom. The molecule has 0 saturated carbocycles. The van der Waals surface area contributed by atoms with Crippen LogP contribution in [0.25, 0.3) is 0 Å². The second-order valence-corrected chi connectivity index (χ2v) is 5.32. The molecule has 0 spiro atoms. The molecule has 0 aliphatic rings. The minimum atomic E-state index is -0.0232. The molecule has 0 heterocycles. The quantitative estimate of drug-likeness (QED) is 0.611. The summed E-state index contributed by atoms with van der Waals surface area (Å²) in [5.41, 5.74) is 1.04. The van der Waals surface area contributed by atoms with Gasteiger partial charge in [-0.25, -0.2) is 0 Å². The lowest BCUT2D eigenvalue weighted by molar-refractivity contribution is 0.381. The highest BCUT2D eigenvalue weighted by Crippen LogP contribution is 2.40. The molecule has 1 aromatic carbocycles. The van der Waals surface area contributed by atoms with Crippen LogP contribution >= 0.6 is 11.6 Å². The molecular formula is C16H25ClO2. The van der Waals surface area contributed by atoms with Crippen LogP contribution in [0.4, 0.5) is 0 Å². The fourth-order valence-electron chi connectivity index (χ4n) is 2.49. The molecule has 3 heteroatoms. The van der Waals surface area contributed by atoms with Crippen molar-refractivity contribution < 1.29 is 9.47 Å². The van der Waals surface area contributed by atoms with Gasteiger partial charge in [-0.05, 0) is 37.0 Å². The lowest BCUT2D eigenvalue weighted by Gasteiger charge is -2.23. The topological polar surface area (TPSA) is 18.5 Å². The van der Waals surface area contributed by atoms with Gasteiger partial charge in [-0.3, -0.25) is 0 Å². The summed E-state index contributed by atoms with van der Waals surface area (Å²) in [5, 5.41) is -0.0232. The molecule has 0 radical (unpaired) electrons. The largest absolute Gasteiger partial charge is 0.497 e. The van der Waals surface area contributed by atoms with E-state index < -0.39 is 0 Å². The summed E-state index contributed by atoms with van der Waals surface area (Å²) < 4.78 is 10.7. The van der Waals surface area contributed by atoms with E-state index in [1.165, 1.54) is 0 Å². The molecule has 1 atom stereocenters. The molecular weight excluding hydrogens is 260 g/mol. The van der Waals surface area contributed by atoms with Crippen LogP contribution in [0.2, 0.25) is 0 Å². The molecule has 0 aromatic heterocycles. The standard InChI is InChI=1S/C16H25ClO2/c1-5-7-12(8-6-2)16(17)14-11-13(18-3)9-10-15(14)19-4/h9-12,16H,5-8H2,1-4H3. The van der Waals surface area contributed by atoms with E-state index in [0.717, 1.165) is 42.7 Å². The van der Waals surface area contributed by atoms with Crippen LogP contribution in [-0.4, -0.2) is 14.2 Å². The lowest BCUT2D eigenvalue weighted by atomic mass is 9.90. The molecule has 0 amide bonds. The maximum atomic E-state index is 6.71. The van der Waals surface area contributed by atoms with E-state index in [9.17, 15) is 0 Å². The molecule has 2 nitrogen and oxygen atoms in total. The number of methoxy groups -OCH3 is 2. The van der Waals surface area contributed by atoms with Crippen LogP contribution in [0.1, 0.15) is 50.5 Å². The van der Waals surface area contributed by atoms with Crippen LogP contribution in [0.15, 0.2) is 18.2 Å². The van der Waals surface area contributed by atoms with Crippen molar-refractivity contribution in [3.05, 3.63) is 23.8 Å². The summed E-state index contributed by atoms with van der Waals surface area (Å²) in [5.74, 6) is 2.16. The van der Waals surface area contributed by atoms with Gasteiger partial charge in [0.2, 0.25) is 0 Å². The predicted molar refractivity (Wildman–Crippen MR) is 81.4 cm³/mol. The Hall–Kier alpha value is -0.890. The lowest BCUT2D eigenvalue weighted by Crippen LogP contribution is -2.09. The number of hydrogen-bond acceptors (Lipinski definition) is 2. The first-order valence-corrected chi connectivity index (χ1v) is 7.47. The highest BCUT2D eigenvalue weighted by molar-refractivity contribution is 6.21. The van der Waals surface area contributed by atoms with Crippen molar-refractivity contribution in [2.24, 2.45) is 5.92 Å². The SMILES string of the molecule is CCCC(CCC)C(Cl)c1cc(OC)ccc1OC. The second-order valence-electron chi connectivity index (χ2n) is 4.85. The summed E-state index contributed by atoms with van der Waals surface area (Å²) in [6.07, 6.45) is 4.59. The third kappa shape index (κ3) is 4.31. The summed E-state index contributed by atoms with van der Waals surface area (Å²) in [4.78, 5) is 0. The number of rotatable bonds is 8. The smallest absolute Gasteiger partial charge is 0.123 e. The minimum absolute atomic E-state index is 0.0232. The van der Waals surface area contributed by atoms with E-state index in [1.807, 2.05) is 18.2 Å². The van der Waals surface area contributed by atoms with Gasteiger partial charge >= 0.3 is 0 Å². The molecule has 0 fully saturated rings. The van der Waals surface area contributed by atoms with E-state index in [2.05, 4.69) is 13.8 Å². The van der Waals surface area contributed by atoms with Gasteiger partial charge in [-0.2, -0.15) is 0 Å². The Kier molecular flexibility index (Phi) is 7.07. The normalized spacial score (nSPS) is 12.5. The first-order chi connectivity index (χ1) is 9.17. The molecule has 0 bridgehead atoms. The maximum Gasteiger partial charge on any atom is 0.123 e. The van der Waals surface area contributed by atoms with Crippen molar-refractivity contribution in [3.8, 4) is 11.5 Å². The summed E-state index contributed by atoms with van der Waals surface area (Å²) in [6, 6.07) is 5.83. The number of alkyl halides is 1. The van der Waals surface area contributed by atoms with E-state index in [0.29, 0.717) is 5.92 Å². The third-order valence-corrected chi connectivity index (χ3v) is 4.06. The van der Waals surface area contributed by atoms with E-state index in [4.69, 9.17) is 21.1 Å². The van der Waals surface area contributed by atoms with Gasteiger partial charge < -0.3 is 9.47 Å². The Balaban J connectivity index is 3.02. The van der Waals surface area contributed by atoms with Crippen LogP contribution < -0.4 is 9.47 Å². The molecule has 108 valence electrons. The highest BCUT2D eigenvalue weighted by atomic mass is 35.5. The zero-order valence-electron chi connectivity index (χ0n) is 12.4. The number of hydrogen-bond donors (Lipinski definition) is 0. The van der Waals surface area contributed by atoms with Gasteiger partial charge in [0.1, 0.15) is 11.5 Å². The monoisotopic (exact) mass is 284 g/mol. The molecule has 1 rings (SSSR count). The van der Waals surface area contributed by atoms with Crippen molar-refractivity contribution in [1.29, 1.82) is 0 Å². The molecule has 0 N–H and O–H groups in total. The summed E-state index contributed by atoms with van der Waals surface area (Å²) in [6.45, 7) is 4.41. The predicted octanol–water partition coefficient (Wildman–Crippen LogP) is 5.20. The van der Waals surface area contributed by atoms with Crippen molar-refractivity contribution in [2.45, 2.75) is 44.9 Å². The van der Waals surface area contributed by atoms with Crippen molar-refractivity contribution in [3.63, 3.8) is 0 Å². The van der Waals surface area contributed by atoms with Crippen LogP contribution in [-0.2, 0) is 0 Å². The highest BCUT2D eigenvalue weighted by Gasteiger charge is 2.23. The van der Waals surface area contributed by atoms with Crippen LogP contribution in [0, 0.1) is 5.92 Å². The van der Waals surface area contributed by atoms with Crippen LogP contribution in [0.5, 0.6) is 11.5 Å². The second kappa shape index (κ2) is 8.31. The summed E-state index contributed by atoms with van der Waals surface area (Å²) in [7, 11) is 3.36. The average Bonchev–Trinajstić information content (AvgIpc) is 2.45. The third-order valence-electron chi connectivity index (χ3n) is 3.47. The Morgan fingerprint density at radius 2 is 1.68 bits per heavy atom. The zero-order chi connectivity index (χ0) is 14.3. The first kappa shape index (κ1) is 16.2. The molecule has 1 unspecified atom stereocenters.